The summed E-state index contributed by atoms with van der Waals surface area (Å²) in [6.45, 7) is 0. The molecule has 2 aromatic rings. The Balaban J connectivity index is 2.28. The van der Waals surface area contributed by atoms with Crippen LogP contribution in [0, 0.1) is 0 Å². The van der Waals surface area contributed by atoms with Gasteiger partial charge in [-0.25, -0.2) is 8.42 Å². The molecule has 2 heterocycles. The van der Waals surface area contributed by atoms with Crippen molar-refractivity contribution in [1.29, 1.82) is 0 Å². The lowest BCUT2D eigenvalue weighted by Gasteiger charge is -2.01. The number of rotatable bonds is 3. The quantitative estimate of drug-likeness (QED) is 0.768. The topological polar surface area (TPSA) is 92.7 Å². The Bertz CT molecular complexity index is 542. The van der Waals surface area contributed by atoms with Gasteiger partial charge in [-0.3, -0.25) is 14.5 Å². The third-order valence-electron chi connectivity index (χ3n) is 1.74. The molecule has 15 heavy (non-hydrogen) atoms. The smallest absolute Gasteiger partial charge is 0.266 e. The van der Waals surface area contributed by atoms with Crippen LogP contribution in [0.5, 0.6) is 0 Å². The lowest BCUT2D eigenvalue weighted by Crippen LogP contribution is -2.12. The highest BCUT2D eigenvalue weighted by molar-refractivity contribution is 7.92. The molecule has 8 heteroatoms. The molecule has 0 aliphatic rings. The van der Waals surface area contributed by atoms with Gasteiger partial charge in [-0.2, -0.15) is 10.2 Å². The van der Waals surface area contributed by atoms with E-state index in [0.29, 0.717) is 5.82 Å². The molecule has 0 atom stereocenters. The Morgan fingerprint density at radius 3 is 2.87 bits per heavy atom. The molecular formula is C7H9N5O2S. The van der Waals surface area contributed by atoms with Gasteiger partial charge >= 0.3 is 0 Å². The molecule has 0 saturated heterocycles. The number of nitrogens with zero attached hydrogens (tertiary/aromatic N) is 3. The second-order valence-corrected chi connectivity index (χ2v) is 4.61. The first kappa shape index (κ1) is 9.71. The molecule has 0 saturated carbocycles. The van der Waals surface area contributed by atoms with Crippen molar-refractivity contribution in [3.8, 4) is 0 Å². The summed E-state index contributed by atoms with van der Waals surface area (Å²) in [5.41, 5.74) is 0. The molecule has 0 aliphatic carbocycles. The number of nitrogens with one attached hydrogen (secondary N) is 2. The third-order valence-corrected chi connectivity index (χ3v) is 3.06. The molecule has 0 fully saturated rings. The van der Waals surface area contributed by atoms with Gasteiger partial charge in [0.15, 0.2) is 0 Å². The van der Waals surface area contributed by atoms with E-state index in [1.54, 1.807) is 7.05 Å². The Labute approximate surface area is 86.2 Å². The number of hydrogen-bond donors (Lipinski definition) is 2. The minimum Gasteiger partial charge on any atom is -0.274 e. The van der Waals surface area contributed by atoms with Gasteiger partial charge in [0, 0.05) is 19.3 Å². The number of sulfonamides is 1. The molecule has 0 radical (unpaired) electrons. The SMILES string of the molecule is Cn1cc(S(=O)(=O)Nc2ccn[nH]2)cn1. The van der Waals surface area contributed by atoms with Crippen molar-refractivity contribution < 1.29 is 8.42 Å². The van der Waals surface area contributed by atoms with Crippen molar-refractivity contribution in [3.05, 3.63) is 24.7 Å². The molecule has 0 aliphatic heterocycles. The maximum Gasteiger partial charge on any atom is 0.266 e. The van der Waals surface area contributed by atoms with Crippen LogP contribution in [-0.2, 0) is 17.1 Å². The van der Waals surface area contributed by atoms with Crippen LogP contribution in [0.25, 0.3) is 0 Å². The third kappa shape index (κ3) is 1.99. The number of aromatic amines is 1. The van der Waals surface area contributed by atoms with Gasteiger partial charge in [0.2, 0.25) is 0 Å². The summed E-state index contributed by atoms with van der Waals surface area (Å²) in [5.74, 6) is 0.318. The minimum atomic E-state index is -3.57. The minimum absolute atomic E-state index is 0.111. The van der Waals surface area contributed by atoms with Crippen molar-refractivity contribution in [1.82, 2.24) is 20.0 Å². The Morgan fingerprint density at radius 2 is 2.33 bits per heavy atom. The van der Waals surface area contributed by atoms with Crippen LogP contribution >= 0.6 is 0 Å². The van der Waals surface area contributed by atoms with E-state index in [0.717, 1.165) is 0 Å². The number of H-pyrrole nitrogens is 1. The van der Waals surface area contributed by atoms with Gasteiger partial charge in [-0.1, -0.05) is 0 Å². The van der Waals surface area contributed by atoms with Crippen LogP contribution in [0.4, 0.5) is 5.82 Å². The highest BCUT2D eigenvalue weighted by atomic mass is 32.2. The summed E-state index contributed by atoms with van der Waals surface area (Å²) < 4.78 is 27.1. The number of anilines is 1. The number of hydrogen-bond acceptors (Lipinski definition) is 4. The van der Waals surface area contributed by atoms with Crippen LogP contribution < -0.4 is 4.72 Å². The van der Waals surface area contributed by atoms with Gasteiger partial charge in [0.05, 0.1) is 12.4 Å². The summed E-state index contributed by atoms with van der Waals surface area (Å²) in [5, 5.41) is 9.92. The van der Waals surface area contributed by atoms with Crippen molar-refractivity contribution >= 4 is 15.8 Å². The second-order valence-electron chi connectivity index (χ2n) is 2.93. The van der Waals surface area contributed by atoms with E-state index in [9.17, 15) is 8.42 Å². The Morgan fingerprint density at radius 1 is 1.53 bits per heavy atom. The largest absolute Gasteiger partial charge is 0.274 e. The van der Waals surface area contributed by atoms with E-state index in [2.05, 4.69) is 20.0 Å². The monoisotopic (exact) mass is 227 g/mol. The number of aryl methyl sites for hydroxylation is 1. The predicted molar refractivity (Wildman–Crippen MR) is 52.6 cm³/mol. The van der Waals surface area contributed by atoms with Crippen molar-refractivity contribution in [2.45, 2.75) is 4.90 Å². The highest BCUT2D eigenvalue weighted by Gasteiger charge is 2.16. The lowest BCUT2D eigenvalue weighted by molar-refractivity contribution is 0.601. The predicted octanol–water partition coefficient (Wildman–Crippen LogP) is -0.0560. The molecule has 2 aromatic heterocycles. The van der Waals surface area contributed by atoms with Crippen molar-refractivity contribution in [2.24, 2.45) is 7.05 Å². The van der Waals surface area contributed by atoms with E-state index in [1.165, 1.54) is 29.3 Å². The van der Waals surface area contributed by atoms with E-state index >= 15 is 0 Å². The van der Waals surface area contributed by atoms with E-state index in [1.807, 2.05) is 0 Å². The first-order chi connectivity index (χ1) is 7.08. The maximum atomic E-state index is 11.7. The summed E-state index contributed by atoms with van der Waals surface area (Å²) in [6.07, 6.45) is 4.15. The summed E-state index contributed by atoms with van der Waals surface area (Å²) >= 11 is 0. The van der Waals surface area contributed by atoms with Crippen LogP contribution in [0.2, 0.25) is 0 Å². The van der Waals surface area contributed by atoms with Crippen LogP contribution in [-0.4, -0.2) is 28.4 Å². The average Bonchev–Trinajstić information content (AvgIpc) is 2.75. The van der Waals surface area contributed by atoms with Crippen LogP contribution in [0.1, 0.15) is 0 Å². The lowest BCUT2D eigenvalue weighted by atomic mass is 10.7. The Kier molecular flexibility index (Phi) is 2.19. The average molecular weight is 227 g/mol. The van der Waals surface area contributed by atoms with Gasteiger partial charge in [0.25, 0.3) is 10.0 Å². The van der Waals surface area contributed by atoms with Crippen molar-refractivity contribution in [2.75, 3.05) is 4.72 Å². The van der Waals surface area contributed by atoms with Crippen LogP contribution in [0.15, 0.2) is 29.6 Å². The molecule has 0 aromatic carbocycles. The van der Waals surface area contributed by atoms with Gasteiger partial charge in [0.1, 0.15) is 10.7 Å². The van der Waals surface area contributed by atoms with Crippen LogP contribution in [0.3, 0.4) is 0 Å². The first-order valence-corrected chi connectivity index (χ1v) is 5.57. The molecule has 0 unspecified atom stereocenters. The zero-order chi connectivity index (χ0) is 10.9. The summed E-state index contributed by atoms with van der Waals surface area (Å²) in [4.78, 5) is 0.111. The fraction of sp³-hybridized carbons (Fsp3) is 0.143. The first-order valence-electron chi connectivity index (χ1n) is 4.09. The standard InChI is InChI=1S/C7H9N5O2S/c1-12-5-6(4-9-12)15(13,14)11-7-2-3-8-10-7/h2-5H,1H3,(H2,8,10,11). The molecule has 0 amide bonds. The molecule has 2 rings (SSSR count). The second kappa shape index (κ2) is 3.39. The summed E-state index contributed by atoms with van der Waals surface area (Å²) in [6, 6.07) is 1.52. The zero-order valence-electron chi connectivity index (χ0n) is 7.88. The molecular weight excluding hydrogens is 218 g/mol. The van der Waals surface area contributed by atoms with Gasteiger partial charge in [-0.15, -0.1) is 0 Å². The molecule has 80 valence electrons. The van der Waals surface area contributed by atoms with Crippen molar-refractivity contribution in [3.63, 3.8) is 0 Å². The Hall–Kier alpha value is -1.83. The fourth-order valence-electron chi connectivity index (χ4n) is 1.05. The zero-order valence-corrected chi connectivity index (χ0v) is 8.69. The van der Waals surface area contributed by atoms with E-state index in [-0.39, 0.29) is 4.90 Å². The van der Waals surface area contributed by atoms with Gasteiger partial charge < -0.3 is 0 Å². The fourth-order valence-corrected chi connectivity index (χ4v) is 2.05. The molecule has 0 spiro atoms. The molecule has 7 nitrogen and oxygen atoms in total. The van der Waals surface area contributed by atoms with E-state index in [4.69, 9.17) is 0 Å². The highest BCUT2D eigenvalue weighted by Crippen LogP contribution is 2.11. The number of aromatic nitrogens is 4. The molecule has 0 bridgehead atoms. The summed E-state index contributed by atoms with van der Waals surface area (Å²) in [7, 11) is -1.92. The van der Waals surface area contributed by atoms with Gasteiger partial charge in [-0.05, 0) is 0 Å². The maximum absolute atomic E-state index is 11.7. The van der Waals surface area contributed by atoms with E-state index < -0.39 is 10.0 Å². The normalized spacial score (nSPS) is 11.5. The molecule has 2 N–H and O–H groups in total.